The van der Waals surface area contributed by atoms with E-state index in [0.29, 0.717) is 4.47 Å². The van der Waals surface area contributed by atoms with Gasteiger partial charge in [-0.05, 0) is 49.8 Å². The molecule has 0 saturated carbocycles. The molecule has 18 heavy (non-hydrogen) atoms. The summed E-state index contributed by atoms with van der Waals surface area (Å²) in [6.07, 6.45) is 10.4. The molecule has 0 unspecified atom stereocenters. The van der Waals surface area contributed by atoms with Gasteiger partial charge in [-0.25, -0.2) is 0 Å². The fourth-order valence-electron chi connectivity index (χ4n) is 1.91. The van der Waals surface area contributed by atoms with E-state index < -0.39 is 0 Å². The van der Waals surface area contributed by atoms with Crippen LogP contribution in [0, 0.1) is 0 Å². The molecule has 0 saturated heterocycles. The van der Waals surface area contributed by atoms with Crippen LogP contribution in [0.15, 0.2) is 13.1 Å². The lowest BCUT2D eigenvalue weighted by Gasteiger charge is -2.02. The first-order valence-electron chi connectivity index (χ1n) is 6.72. The molecule has 1 aromatic rings. The molecule has 0 N–H and O–H groups in total. The van der Waals surface area contributed by atoms with Crippen LogP contribution >= 0.6 is 43.4 Å². The van der Waals surface area contributed by atoms with Gasteiger partial charge in [0.15, 0.2) is 0 Å². The smallest absolute Gasteiger partial charge is 0.267 e. The normalized spacial score (nSPS) is 11.1. The molecule has 0 aliphatic heterocycles. The Kier molecular flexibility index (Phi) is 8.51. The molecule has 0 spiro atoms. The van der Waals surface area contributed by atoms with Gasteiger partial charge in [0.25, 0.3) is 5.56 Å². The molecular weight excluding hydrogens is 378 g/mol. The van der Waals surface area contributed by atoms with Gasteiger partial charge in [0, 0.05) is 6.54 Å². The number of aryl methyl sites for hydroxylation is 1. The highest BCUT2D eigenvalue weighted by atomic mass is 79.9. The third-order valence-electron chi connectivity index (χ3n) is 2.99. The Morgan fingerprint density at radius 2 is 1.56 bits per heavy atom. The van der Waals surface area contributed by atoms with Crippen LogP contribution in [0.25, 0.3) is 0 Å². The fourth-order valence-corrected chi connectivity index (χ4v) is 3.91. The number of rotatable bonds is 9. The first-order valence-corrected chi connectivity index (χ1v) is 9.08. The number of halogens is 2. The summed E-state index contributed by atoms with van der Waals surface area (Å²) in [7, 11) is 0. The molecule has 0 amide bonds. The standard InChI is InChI=1S/C13H21Br2NOS/c1-2-3-4-5-6-7-8-9-10-16-13(17)11(14)12(15)18-16/h2-10H2,1H3. The van der Waals surface area contributed by atoms with E-state index in [1.807, 2.05) is 3.96 Å². The lowest BCUT2D eigenvalue weighted by atomic mass is 10.1. The van der Waals surface area contributed by atoms with Crippen LogP contribution in [-0.4, -0.2) is 3.96 Å². The molecule has 0 aliphatic carbocycles. The highest BCUT2D eigenvalue weighted by molar-refractivity contribution is 9.13. The van der Waals surface area contributed by atoms with E-state index >= 15 is 0 Å². The maximum Gasteiger partial charge on any atom is 0.276 e. The van der Waals surface area contributed by atoms with Crippen molar-refractivity contribution in [2.45, 2.75) is 64.8 Å². The van der Waals surface area contributed by atoms with Crippen LogP contribution in [0.1, 0.15) is 58.3 Å². The number of unbranched alkanes of at least 4 members (excludes halogenated alkanes) is 7. The molecule has 1 heterocycles. The summed E-state index contributed by atoms with van der Waals surface area (Å²) in [5, 5.41) is 0. The Hall–Kier alpha value is 0.390. The van der Waals surface area contributed by atoms with Crippen LogP contribution in [0.3, 0.4) is 0 Å². The Morgan fingerprint density at radius 1 is 1.00 bits per heavy atom. The van der Waals surface area contributed by atoms with Gasteiger partial charge in [0.05, 0.1) is 0 Å². The highest BCUT2D eigenvalue weighted by Crippen LogP contribution is 2.24. The summed E-state index contributed by atoms with van der Waals surface area (Å²) in [5.41, 5.74) is 0.0924. The summed E-state index contributed by atoms with van der Waals surface area (Å²) < 4.78 is 3.38. The minimum atomic E-state index is 0.0924. The average molecular weight is 399 g/mol. The molecule has 1 aromatic heterocycles. The maximum absolute atomic E-state index is 11.7. The second-order valence-electron chi connectivity index (χ2n) is 4.56. The molecular formula is C13H21Br2NOS. The predicted molar refractivity (Wildman–Crippen MR) is 86.6 cm³/mol. The summed E-state index contributed by atoms with van der Waals surface area (Å²) in [6, 6.07) is 0. The first-order chi connectivity index (χ1) is 8.66. The largest absolute Gasteiger partial charge is 0.276 e. The van der Waals surface area contributed by atoms with Crippen LogP contribution in [0.2, 0.25) is 0 Å². The van der Waals surface area contributed by atoms with Gasteiger partial charge >= 0.3 is 0 Å². The average Bonchev–Trinajstić information content (AvgIpc) is 2.60. The van der Waals surface area contributed by atoms with Gasteiger partial charge < -0.3 is 0 Å². The number of hydrogen-bond acceptors (Lipinski definition) is 2. The molecule has 0 fully saturated rings. The summed E-state index contributed by atoms with van der Waals surface area (Å²) in [4.78, 5) is 11.7. The number of aromatic nitrogens is 1. The predicted octanol–water partition coefficient (Wildman–Crippen LogP) is 5.58. The van der Waals surface area contributed by atoms with E-state index in [0.717, 1.165) is 16.8 Å². The van der Waals surface area contributed by atoms with Gasteiger partial charge in [-0.2, -0.15) is 0 Å². The first kappa shape index (κ1) is 16.4. The molecule has 104 valence electrons. The topological polar surface area (TPSA) is 22.0 Å². The monoisotopic (exact) mass is 397 g/mol. The zero-order valence-electron chi connectivity index (χ0n) is 10.9. The Labute approximate surface area is 130 Å². The molecule has 0 aromatic carbocycles. The molecule has 5 heteroatoms. The Bertz CT molecular complexity index is 400. The van der Waals surface area contributed by atoms with Gasteiger partial charge in [0.1, 0.15) is 8.26 Å². The van der Waals surface area contributed by atoms with Crippen LogP contribution in [0.5, 0.6) is 0 Å². The second-order valence-corrected chi connectivity index (χ2v) is 7.70. The number of nitrogens with zero attached hydrogens (tertiary/aromatic N) is 1. The Morgan fingerprint density at radius 3 is 2.06 bits per heavy atom. The zero-order valence-corrected chi connectivity index (χ0v) is 14.9. The van der Waals surface area contributed by atoms with E-state index in [2.05, 4.69) is 38.8 Å². The van der Waals surface area contributed by atoms with E-state index in [1.165, 1.54) is 56.5 Å². The van der Waals surface area contributed by atoms with Crippen LogP contribution in [0.4, 0.5) is 0 Å². The van der Waals surface area contributed by atoms with E-state index in [9.17, 15) is 4.79 Å². The van der Waals surface area contributed by atoms with Crippen molar-refractivity contribution in [1.82, 2.24) is 3.96 Å². The maximum atomic E-state index is 11.7. The third kappa shape index (κ3) is 5.57. The summed E-state index contributed by atoms with van der Waals surface area (Å²) in [6.45, 7) is 3.09. The van der Waals surface area contributed by atoms with Crippen LogP contribution in [-0.2, 0) is 6.54 Å². The number of hydrogen-bond donors (Lipinski definition) is 0. The van der Waals surface area contributed by atoms with Crippen molar-refractivity contribution >= 4 is 43.4 Å². The van der Waals surface area contributed by atoms with Crippen molar-refractivity contribution in [1.29, 1.82) is 0 Å². The van der Waals surface area contributed by atoms with Gasteiger partial charge in [-0.15, -0.1) is 0 Å². The van der Waals surface area contributed by atoms with Crippen molar-refractivity contribution in [3.63, 3.8) is 0 Å². The third-order valence-corrected chi connectivity index (χ3v) is 6.29. The second kappa shape index (κ2) is 9.32. The van der Waals surface area contributed by atoms with Gasteiger partial charge in [-0.1, -0.05) is 51.9 Å². The lowest BCUT2D eigenvalue weighted by molar-refractivity contribution is 0.551. The van der Waals surface area contributed by atoms with E-state index in [-0.39, 0.29) is 5.56 Å². The molecule has 0 bridgehead atoms. The van der Waals surface area contributed by atoms with Crippen molar-refractivity contribution in [3.05, 3.63) is 18.6 Å². The van der Waals surface area contributed by atoms with Crippen LogP contribution < -0.4 is 5.56 Å². The van der Waals surface area contributed by atoms with E-state index in [1.54, 1.807) is 0 Å². The minimum absolute atomic E-state index is 0.0924. The Balaban J connectivity index is 2.11. The van der Waals surface area contributed by atoms with E-state index in [4.69, 9.17) is 0 Å². The molecule has 0 atom stereocenters. The molecule has 0 radical (unpaired) electrons. The minimum Gasteiger partial charge on any atom is -0.267 e. The fraction of sp³-hybridized carbons (Fsp3) is 0.769. The van der Waals surface area contributed by atoms with Gasteiger partial charge in [-0.3, -0.25) is 8.75 Å². The quantitative estimate of drug-likeness (QED) is 0.498. The van der Waals surface area contributed by atoms with Crippen molar-refractivity contribution < 1.29 is 0 Å². The van der Waals surface area contributed by atoms with Crippen molar-refractivity contribution in [3.8, 4) is 0 Å². The van der Waals surface area contributed by atoms with Gasteiger partial charge in [0.2, 0.25) is 0 Å². The SMILES string of the molecule is CCCCCCCCCCn1sc(Br)c(Br)c1=O. The molecule has 0 aliphatic rings. The molecule has 1 rings (SSSR count). The molecule has 2 nitrogen and oxygen atoms in total. The lowest BCUT2D eigenvalue weighted by Crippen LogP contribution is -2.13. The van der Waals surface area contributed by atoms with Crippen molar-refractivity contribution in [2.24, 2.45) is 0 Å². The highest BCUT2D eigenvalue weighted by Gasteiger charge is 2.09. The summed E-state index contributed by atoms with van der Waals surface area (Å²) in [5.74, 6) is 0. The van der Waals surface area contributed by atoms with Crippen molar-refractivity contribution in [2.75, 3.05) is 0 Å². The summed E-state index contributed by atoms with van der Waals surface area (Å²) >= 11 is 8.15. The zero-order chi connectivity index (χ0) is 13.4.